The Bertz CT molecular complexity index is 544. The van der Waals surface area contributed by atoms with Crippen LogP contribution in [0.4, 0.5) is 0 Å². The molecule has 0 heterocycles. The summed E-state index contributed by atoms with van der Waals surface area (Å²) in [6.07, 6.45) is 1.13. The third-order valence-corrected chi connectivity index (χ3v) is 3.85. The molecule has 128 valence electrons. The zero-order chi connectivity index (χ0) is 17.4. The highest BCUT2D eigenvalue weighted by Crippen LogP contribution is 2.27. The summed E-state index contributed by atoms with van der Waals surface area (Å²) in [5.74, 6) is 0.940. The molecular weight excluding hydrogens is 298 g/mol. The predicted octanol–water partition coefficient (Wildman–Crippen LogP) is 2.05. The van der Waals surface area contributed by atoms with Gasteiger partial charge in [-0.2, -0.15) is 0 Å². The van der Waals surface area contributed by atoms with Crippen molar-refractivity contribution < 1.29 is 23.8 Å². The van der Waals surface area contributed by atoms with Crippen LogP contribution in [0.15, 0.2) is 18.2 Å². The summed E-state index contributed by atoms with van der Waals surface area (Å²) in [6, 6.07) is 5.37. The smallest absolute Gasteiger partial charge is 0.305 e. The fourth-order valence-electron chi connectivity index (χ4n) is 2.16. The van der Waals surface area contributed by atoms with Crippen molar-refractivity contribution in [2.24, 2.45) is 0 Å². The molecule has 1 aromatic rings. The van der Waals surface area contributed by atoms with Gasteiger partial charge in [-0.25, -0.2) is 0 Å². The molecule has 0 aromatic heterocycles. The van der Waals surface area contributed by atoms with E-state index in [9.17, 15) is 9.59 Å². The van der Waals surface area contributed by atoms with Crippen LogP contribution in [0.3, 0.4) is 0 Å². The zero-order valence-corrected chi connectivity index (χ0v) is 14.4. The summed E-state index contributed by atoms with van der Waals surface area (Å²) in [5.41, 5.74) is 0.847. The topological polar surface area (TPSA) is 65.1 Å². The van der Waals surface area contributed by atoms with Crippen LogP contribution in [0.25, 0.3) is 0 Å². The number of ether oxygens (including phenoxy) is 3. The molecule has 6 heteroatoms. The molecule has 0 aliphatic carbocycles. The molecule has 0 fully saturated rings. The summed E-state index contributed by atoms with van der Waals surface area (Å²) in [5, 5.41) is 0. The summed E-state index contributed by atoms with van der Waals surface area (Å²) >= 11 is 0. The number of hydrogen-bond donors (Lipinski definition) is 0. The lowest BCUT2D eigenvalue weighted by molar-refractivity contribution is -0.141. The number of methoxy groups -OCH3 is 3. The predicted molar refractivity (Wildman–Crippen MR) is 86.7 cm³/mol. The van der Waals surface area contributed by atoms with Crippen molar-refractivity contribution in [3.8, 4) is 11.5 Å². The number of rotatable bonds is 8. The van der Waals surface area contributed by atoms with Crippen molar-refractivity contribution in [1.29, 1.82) is 0 Å². The maximum absolute atomic E-state index is 12.4. The first kappa shape index (κ1) is 18.8. The minimum absolute atomic E-state index is 0.0189. The van der Waals surface area contributed by atoms with E-state index in [0.717, 1.165) is 5.56 Å². The van der Waals surface area contributed by atoms with Crippen LogP contribution >= 0.6 is 0 Å². The first-order valence-electron chi connectivity index (χ1n) is 7.46. The van der Waals surface area contributed by atoms with E-state index < -0.39 is 0 Å². The first-order chi connectivity index (χ1) is 10.9. The Morgan fingerprint density at radius 2 is 1.78 bits per heavy atom. The van der Waals surface area contributed by atoms with Crippen molar-refractivity contribution in [2.75, 3.05) is 28.4 Å². The number of amides is 1. The van der Waals surface area contributed by atoms with Crippen molar-refractivity contribution in [3.05, 3.63) is 23.8 Å². The summed E-state index contributed by atoms with van der Waals surface area (Å²) in [6.45, 7) is 1.91. The summed E-state index contributed by atoms with van der Waals surface area (Å²) in [7, 11) is 6.23. The zero-order valence-electron chi connectivity index (χ0n) is 14.4. The van der Waals surface area contributed by atoms with Gasteiger partial charge in [0.25, 0.3) is 0 Å². The van der Waals surface area contributed by atoms with Crippen molar-refractivity contribution in [1.82, 2.24) is 4.90 Å². The molecule has 0 saturated carbocycles. The van der Waals surface area contributed by atoms with Crippen LogP contribution in [0.2, 0.25) is 0 Å². The monoisotopic (exact) mass is 323 g/mol. The maximum Gasteiger partial charge on any atom is 0.305 e. The lowest BCUT2D eigenvalue weighted by Gasteiger charge is -2.25. The quantitative estimate of drug-likeness (QED) is 0.685. The van der Waals surface area contributed by atoms with Gasteiger partial charge >= 0.3 is 5.97 Å². The molecule has 1 unspecified atom stereocenters. The van der Waals surface area contributed by atoms with Gasteiger partial charge in [-0.3, -0.25) is 9.59 Å². The van der Waals surface area contributed by atoms with Crippen LogP contribution in [0.1, 0.15) is 25.3 Å². The highest BCUT2D eigenvalue weighted by molar-refractivity contribution is 5.79. The third-order valence-electron chi connectivity index (χ3n) is 3.85. The van der Waals surface area contributed by atoms with Gasteiger partial charge < -0.3 is 19.1 Å². The third kappa shape index (κ3) is 5.47. The van der Waals surface area contributed by atoms with E-state index in [1.165, 1.54) is 7.11 Å². The lowest BCUT2D eigenvalue weighted by atomic mass is 10.1. The molecule has 1 rings (SSSR count). The number of hydrogen-bond acceptors (Lipinski definition) is 5. The number of likely N-dealkylation sites (N-methyl/N-ethyl adjacent to an activating group) is 1. The summed E-state index contributed by atoms with van der Waals surface area (Å²) < 4.78 is 15.0. The molecule has 1 aromatic carbocycles. The molecule has 1 atom stereocenters. The van der Waals surface area contributed by atoms with Gasteiger partial charge in [-0.15, -0.1) is 0 Å². The molecule has 0 bridgehead atoms. The fraction of sp³-hybridized carbons (Fsp3) is 0.529. The Kier molecular flexibility index (Phi) is 7.38. The highest BCUT2D eigenvalue weighted by atomic mass is 16.5. The fourth-order valence-corrected chi connectivity index (χ4v) is 2.16. The normalized spacial score (nSPS) is 11.5. The first-order valence-corrected chi connectivity index (χ1v) is 7.46. The average Bonchev–Trinajstić information content (AvgIpc) is 2.58. The maximum atomic E-state index is 12.4. The van der Waals surface area contributed by atoms with Crippen LogP contribution in [-0.2, 0) is 20.7 Å². The van der Waals surface area contributed by atoms with Gasteiger partial charge in [0, 0.05) is 19.5 Å². The molecule has 0 aliphatic heterocycles. The lowest BCUT2D eigenvalue weighted by Crippen LogP contribution is -2.36. The van der Waals surface area contributed by atoms with E-state index in [1.54, 1.807) is 38.3 Å². The number of carbonyl (C=O) groups is 2. The molecule has 0 N–H and O–H groups in total. The molecule has 0 aliphatic rings. The molecule has 0 radical (unpaired) electrons. The molecule has 1 amide bonds. The van der Waals surface area contributed by atoms with Gasteiger partial charge in [0.05, 0.1) is 27.8 Å². The van der Waals surface area contributed by atoms with E-state index in [4.69, 9.17) is 9.47 Å². The largest absolute Gasteiger partial charge is 0.493 e. The van der Waals surface area contributed by atoms with E-state index in [1.807, 2.05) is 13.0 Å². The molecular formula is C17H25NO5. The highest BCUT2D eigenvalue weighted by Gasteiger charge is 2.18. The van der Waals surface area contributed by atoms with Crippen molar-refractivity contribution in [2.45, 2.75) is 32.2 Å². The van der Waals surface area contributed by atoms with Gasteiger partial charge in [0.1, 0.15) is 0 Å². The van der Waals surface area contributed by atoms with Crippen molar-refractivity contribution in [3.63, 3.8) is 0 Å². The molecule has 6 nitrogen and oxygen atoms in total. The molecule has 0 spiro atoms. The second-order valence-electron chi connectivity index (χ2n) is 5.33. The van der Waals surface area contributed by atoms with E-state index in [2.05, 4.69) is 4.74 Å². The number of benzene rings is 1. The van der Waals surface area contributed by atoms with Gasteiger partial charge in [-0.1, -0.05) is 6.07 Å². The van der Waals surface area contributed by atoms with E-state index in [0.29, 0.717) is 24.3 Å². The van der Waals surface area contributed by atoms with Gasteiger partial charge in [-0.05, 0) is 31.0 Å². The Labute approximate surface area is 137 Å². The Hall–Kier alpha value is -2.24. The average molecular weight is 323 g/mol. The number of nitrogens with zero attached hydrogens (tertiary/aromatic N) is 1. The van der Waals surface area contributed by atoms with E-state index in [-0.39, 0.29) is 24.3 Å². The molecule has 0 saturated heterocycles. The summed E-state index contributed by atoms with van der Waals surface area (Å²) in [4.78, 5) is 25.2. The Morgan fingerprint density at radius 3 is 2.35 bits per heavy atom. The SMILES string of the molecule is COC(=O)CCC(C)N(C)C(=O)Cc1ccc(OC)c(OC)c1. The van der Waals surface area contributed by atoms with Crippen LogP contribution < -0.4 is 9.47 Å². The minimum Gasteiger partial charge on any atom is -0.493 e. The Balaban J connectivity index is 2.65. The van der Waals surface area contributed by atoms with Crippen LogP contribution in [0, 0.1) is 0 Å². The minimum atomic E-state index is -0.266. The van der Waals surface area contributed by atoms with Crippen molar-refractivity contribution >= 4 is 11.9 Å². The standard InChI is InChI=1S/C17H25NO5/c1-12(6-9-17(20)23-5)18(2)16(19)11-13-7-8-14(21-3)15(10-13)22-4/h7-8,10,12H,6,9,11H2,1-5H3. The second-order valence-corrected chi connectivity index (χ2v) is 5.33. The van der Waals surface area contributed by atoms with Gasteiger partial charge in [0.2, 0.25) is 5.91 Å². The van der Waals surface area contributed by atoms with Crippen LogP contribution in [0.5, 0.6) is 11.5 Å². The van der Waals surface area contributed by atoms with Crippen LogP contribution in [-0.4, -0.2) is 51.2 Å². The number of esters is 1. The second kappa shape index (κ2) is 9.02. The molecule has 23 heavy (non-hydrogen) atoms. The van der Waals surface area contributed by atoms with Gasteiger partial charge in [0.15, 0.2) is 11.5 Å². The number of carbonyl (C=O) groups excluding carboxylic acids is 2. The van der Waals surface area contributed by atoms with E-state index >= 15 is 0 Å². The Morgan fingerprint density at radius 1 is 1.13 bits per heavy atom.